The zero-order valence-electron chi connectivity index (χ0n) is 8.60. The maximum Gasteiger partial charge on any atom is 0.239 e. The topological polar surface area (TPSA) is 42.8 Å². The summed E-state index contributed by atoms with van der Waals surface area (Å²) in [4.78, 5) is 9.79. The van der Waals surface area contributed by atoms with Gasteiger partial charge in [-0.3, -0.25) is 15.0 Å². The monoisotopic (exact) mass is 233 g/mol. The molecular formula is C12H12ClN3. The Balaban J connectivity index is 0.000000183. The van der Waals surface area contributed by atoms with Crippen molar-refractivity contribution in [3.05, 3.63) is 61.3 Å². The van der Waals surface area contributed by atoms with Crippen molar-refractivity contribution in [2.45, 2.75) is 0 Å². The van der Waals surface area contributed by atoms with E-state index in [1.165, 1.54) is 5.39 Å². The van der Waals surface area contributed by atoms with Gasteiger partial charge in [-0.25, -0.2) is 0 Å². The molecule has 0 aliphatic carbocycles. The maximum absolute atomic E-state index is 4.18. The Kier molecular flexibility index (Phi) is 5.02. The number of aromatic nitrogens is 3. The Morgan fingerprint density at radius 2 is 1.88 bits per heavy atom. The number of para-hydroxylation sites is 1. The largest absolute Gasteiger partial charge is 1.00 e. The average Bonchev–Trinajstić information content (AvgIpc) is 2.88. The number of H-pyrrole nitrogens is 2. The van der Waals surface area contributed by atoms with Gasteiger partial charge in [0.2, 0.25) is 6.33 Å². The summed E-state index contributed by atoms with van der Waals surface area (Å²) in [6.07, 6.45) is 7.20. The molecule has 4 heteroatoms. The molecule has 2 N–H and O–H groups in total. The second-order valence-electron chi connectivity index (χ2n) is 3.01. The molecule has 0 atom stereocenters. The summed E-state index contributed by atoms with van der Waals surface area (Å²) in [5.74, 6) is 0. The van der Waals surface area contributed by atoms with Gasteiger partial charge in [-0.2, -0.15) is 0 Å². The maximum atomic E-state index is 4.18. The van der Waals surface area contributed by atoms with E-state index in [4.69, 9.17) is 0 Å². The van der Waals surface area contributed by atoms with Gasteiger partial charge in [0.05, 0.1) is 5.52 Å². The summed E-state index contributed by atoms with van der Waals surface area (Å²) in [6, 6.07) is 12.1. The van der Waals surface area contributed by atoms with E-state index in [1.54, 1.807) is 6.33 Å². The summed E-state index contributed by atoms with van der Waals surface area (Å²) in [7, 11) is 0. The van der Waals surface area contributed by atoms with Crippen LogP contribution in [-0.2, 0) is 0 Å². The molecule has 0 saturated heterocycles. The van der Waals surface area contributed by atoms with Crippen LogP contribution in [0.3, 0.4) is 0 Å². The van der Waals surface area contributed by atoms with Crippen LogP contribution in [0.15, 0.2) is 61.3 Å². The first-order chi connectivity index (χ1) is 7.47. The number of imidazole rings is 1. The smallest absolute Gasteiger partial charge is 0.239 e. The van der Waals surface area contributed by atoms with Crippen molar-refractivity contribution in [2.75, 3.05) is 0 Å². The van der Waals surface area contributed by atoms with E-state index in [1.807, 2.05) is 42.9 Å². The van der Waals surface area contributed by atoms with Crippen LogP contribution in [-0.4, -0.2) is 9.97 Å². The third kappa shape index (κ3) is 3.37. The molecule has 0 bridgehead atoms. The number of hydrogen-bond acceptors (Lipinski definition) is 1. The van der Waals surface area contributed by atoms with Crippen LogP contribution in [0, 0.1) is 0 Å². The molecule has 0 unspecified atom stereocenters. The molecule has 16 heavy (non-hydrogen) atoms. The van der Waals surface area contributed by atoms with Crippen LogP contribution in [0.2, 0.25) is 0 Å². The second kappa shape index (κ2) is 6.58. The van der Waals surface area contributed by atoms with Crippen molar-refractivity contribution in [1.82, 2.24) is 9.97 Å². The lowest BCUT2D eigenvalue weighted by Gasteiger charge is -1.91. The van der Waals surface area contributed by atoms with Crippen LogP contribution in [0.5, 0.6) is 0 Å². The number of nitrogens with zero attached hydrogens (tertiary/aromatic N) is 1. The van der Waals surface area contributed by atoms with Gasteiger partial charge in [0.1, 0.15) is 12.4 Å². The predicted octanol–water partition coefficient (Wildman–Crippen LogP) is -0.932. The molecule has 0 saturated carbocycles. The first-order valence-electron chi connectivity index (χ1n) is 4.75. The minimum Gasteiger partial charge on any atom is -1.00 e. The van der Waals surface area contributed by atoms with Crippen LogP contribution in [0.4, 0.5) is 0 Å². The van der Waals surface area contributed by atoms with Gasteiger partial charge >= 0.3 is 0 Å². The Labute approximate surface area is 100.0 Å². The van der Waals surface area contributed by atoms with Crippen molar-refractivity contribution in [1.29, 1.82) is 0 Å². The number of hydrogen-bond donors (Lipinski definition) is 1. The number of pyridine rings is 1. The van der Waals surface area contributed by atoms with Gasteiger partial charge in [0, 0.05) is 11.6 Å². The number of fused-ring (bicyclic) bond motifs is 1. The number of benzene rings is 1. The van der Waals surface area contributed by atoms with E-state index in [9.17, 15) is 0 Å². The highest BCUT2D eigenvalue weighted by atomic mass is 35.5. The Bertz CT molecular complexity index is 426. The number of aromatic amines is 2. The molecule has 0 aliphatic heterocycles. The van der Waals surface area contributed by atoms with E-state index in [2.05, 4.69) is 27.1 Å². The second-order valence-corrected chi connectivity index (χ2v) is 3.01. The third-order valence-electron chi connectivity index (χ3n) is 1.95. The lowest BCUT2D eigenvalue weighted by atomic mass is 10.2. The lowest BCUT2D eigenvalue weighted by Crippen LogP contribution is -3.00. The fourth-order valence-corrected chi connectivity index (χ4v) is 1.26. The first-order valence-corrected chi connectivity index (χ1v) is 4.75. The molecule has 1 aromatic carbocycles. The zero-order valence-corrected chi connectivity index (χ0v) is 9.35. The van der Waals surface area contributed by atoms with E-state index in [0.717, 1.165) is 5.52 Å². The average molecular weight is 234 g/mol. The van der Waals surface area contributed by atoms with E-state index in [0.29, 0.717) is 0 Å². The van der Waals surface area contributed by atoms with Crippen molar-refractivity contribution < 1.29 is 17.4 Å². The van der Waals surface area contributed by atoms with E-state index < -0.39 is 0 Å². The molecule has 82 valence electrons. The van der Waals surface area contributed by atoms with Gasteiger partial charge < -0.3 is 12.4 Å². The van der Waals surface area contributed by atoms with Crippen molar-refractivity contribution in [2.24, 2.45) is 0 Å². The van der Waals surface area contributed by atoms with Crippen molar-refractivity contribution >= 4 is 10.9 Å². The molecule has 0 fully saturated rings. The lowest BCUT2D eigenvalue weighted by molar-refractivity contribution is -0.375. The van der Waals surface area contributed by atoms with Gasteiger partial charge in [-0.1, -0.05) is 24.3 Å². The zero-order chi connectivity index (χ0) is 10.3. The normalized spacial score (nSPS) is 8.75. The summed E-state index contributed by atoms with van der Waals surface area (Å²) >= 11 is 0. The molecule has 3 nitrogen and oxygen atoms in total. The number of halogens is 1. The van der Waals surface area contributed by atoms with Crippen LogP contribution >= 0.6 is 0 Å². The molecule has 0 amide bonds. The van der Waals surface area contributed by atoms with Gasteiger partial charge in [0.25, 0.3) is 0 Å². The van der Waals surface area contributed by atoms with Crippen LogP contribution in [0.25, 0.3) is 10.9 Å². The Hall–Kier alpha value is -1.87. The standard InChI is InChI=1S/C9H7N.C3H4N2.ClH/c1-2-6-9-8(4-1)5-3-7-10-9;1-2-5-3-4-1;/h1-7H;1-3H,(H,4,5);1H. The van der Waals surface area contributed by atoms with Gasteiger partial charge in [-0.05, 0) is 12.1 Å². The van der Waals surface area contributed by atoms with Gasteiger partial charge in [0.15, 0.2) is 0 Å². The molecule has 2 heterocycles. The highest BCUT2D eigenvalue weighted by molar-refractivity contribution is 5.77. The minimum absolute atomic E-state index is 0. The SMILES string of the molecule is [Cl-].c1c[nH+]c[nH]1.c1ccc2ncccc2c1. The fourth-order valence-electron chi connectivity index (χ4n) is 1.26. The molecular weight excluding hydrogens is 222 g/mol. The summed E-state index contributed by atoms with van der Waals surface area (Å²) in [5, 5.41) is 1.20. The quantitative estimate of drug-likeness (QED) is 0.536. The number of nitrogens with one attached hydrogen (secondary N) is 2. The first kappa shape index (κ1) is 12.2. The predicted molar refractivity (Wildman–Crippen MR) is 59.1 cm³/mol. The highest BCUT2D eigenvalue weighted by Crippen LogP contribution is 2.07. The summed E-state index contributed by atoms with van der Waals surface area (Å²) in [6.45, 7) is 0. The van der Waals surface area contributed by atoms with E-state index in [-0.39, 0.29) is 12.4 Å². The van der Waals surface area contributed by atoms with Crippen molar-refractivity contribution in [3.8, 4) is 0 Å². The molecule has 0 radical (unpaired) electrons. The third-order valence-corrected chi connectivity index (χ3v) is 1.95. The molecule has 3 aromatic rings. The molecule has 2 aromatic heterocycles. The molecule has 0 aliphatic rings. The summed E-state index contributed by atoms with van der Waals surface area (Å²) in [5.41, 5.74) is 1.06. The Morgan fingerprint density at radius 3 is 2.50 bits per heavy atom. The molecule has 3 rings (SSSR count). The van der Waals surface area contributed by atoms with Crippen LogP contribution < -0.4 is 17.4 Å². The van der Waals surface area contributed by atoms with E-state index >= 15 is 0 Å². The number of rotatable bonds is 0. The van der Waals surface area contributed by atoms with Crippen LogP contribution in [0.1, 0.15) is 0 Å². The minimum atomic E-state index is 0. The highest BCUT2D eigenvalue weighted by Gasteiger charge is 1.86. The summed E-state index contributed by atoms with van der Waals surface area (Å²) < 4.78 is 0. The Morgan fingerprint density at radius 1 is 1.06 bits per heavy atom. The molecule has 0 spiro atoms. The van der Waals surface area contributed by atoms with Gasteiger partial charge in [-0.15, -0.1) is 0 Å². The van der Waals surface area contributed by atoms with Crippen molar-refractivity contribution in [3.63, 3.8) is 0 Å². The fraction of sp³-hybridized carbons (Fsp3) is 0.